The zero-order chi connectivity index (χ0) is 10.1. The van der Waals surface area contributed by atoms with E-state index in [1.165, 1.54) is 4.78 Å². The molecule has 0 atom stereocenters. The molecule has 0 amide bonds. The lowest BCUT2D eigenvalue weighted by molar-refractivity contribution is 0.587. The third-order valence-electron chi connectivity index (χ3n) is 2.30. The third kappa shape index (κ3) is 1.91. The van der Waals surface area contributed by atoms with Crippen LogP contribution in [0, 0.1) is 0 Å². The molecule has 7 heteroatoms. The van der Waals surface area contributed by atoms with Crippen LogP contribution in [0.4, 0.5) is 0 Å². The molecule has 1 aromatic rings. The summed E-state index contributed by atoms with van der Waals surface area (Å²) in [6.45, 7) is 0.339. The molecule has 1 aliphatic rings. The molecule has 0 bridgehead atoms. The monoisotopic (exact) mass is 203 g/mol. The van der Waals surface area contributed by atoms with E-state index in [1.54, 1.807) is 11.3 Å². The highest BCUT2D eigenvalue weighted by atomic mass is 32.1. The van der Waals surface area contributed by atoms with E-state index in [0.717, 1.165) is 0 Å². The summed E-state index contributed by atoms with van der Waals surface area (Å²) >= 11 is 1.80. The van der Waals surface area contributed by atoms with Crippen molar-refractivity contribution < 1.29 is 0 Å². The van der Waals surface area contributed by atoms with E-state index in [1.807, 2.05) is 7.05 Å². The summed E-state index contributed by atoms with van der Waals surface area (Å²) in [5.41, 5.74) is 0. The van der Waals surface area contributed by atoms with E-state index in [-0.39, 0.29) is 0 Å². The van der Waals surface area contributed by atoms with Crippen LogP contribution in [0.1, 0.15) is 0 Å². The van der Waals surface area contributed by atoms with Crippen molar-refractivity contribution in [1.82, 2.24) is 14.2 Å². The van der Waals surface area contributed by atoms with Crippen LogP contribution in [0.15, 0.2) is 17.5 Å². The standard InChI is InChI=1S/C7H12B3N3S/c1-11-8-12(2)10(13(3)9-11)7-5-4-6-14-7/h4-6H,1-3H3. The van der Waals surface area contributed by atoms with E-state index < -0.39 is 0 Å². The first-order valence-electron chi connectivity index (χ1n) is 4.57. The van der Waals surface area contributed by atoms with Crippen molar-refractivity contribution in [3.8, 4) is 0 Å². The lowest BCUT2D eigenvalue weighted by Gasteiger charge is -2.40. The van der Waals surface area contributed by atoms with Crippen molar-refractivity contribution in [2.45, 2.75) is 0 Å². The van der Waals surface area contributed by atoms with Gasteiger partial charge in [-0.25, -0.2) is 0 Å². The Morgan fingerprint density at radius 1 is 1.21 bits per heavy atom. The molecule has 0 aromatic carbocycles. The van der Waals surface area contributed by atoms with Crippen molar-refractivity contribution in [3.63, 3.8) is 0 Å². The highest BCUT2D eigenvalue weighted by molar-refractivity contribution is 7.22. The van der Waals surface area contributed by atoms with Gasteiger partial charge < -0.3 is 14.2 Å². The first kappa shape index (κ1) is 10.3. The van der Waals surface area contributed by atoms with Gasteiger partial charge in [-0.2, -0.15) is 11.3 Å². The quantitative estimate of drug-likeness (QED) is 0.559. The highest BCUT2D eigenvalue weighted by Gasteiger charge is 2.35. The maximum absolute atomic E-state index is 2.21. The molecule has 0 unspecified atom stereocenters. The highest BCUT2D eigenvalue weighted by Crippen LogP contribution is 2.06. The van der Waals surface area contributed by atoms with Crippen molar-refractivity contribution in [2.24, 2.45) is 0 Å². The van der Waals surface area contributed by atoms with Crippen molar-refractivity contribution in [3.05, 3.63) is 17.5 Å². The van der Waals surface area contributed by atoms with Gasteiger partial charge in [-0.15, -0.1) is 0 Å². The first-order chi connectivity index (χ1) is 6.68. The fraction of sp³-hybridized carbons (Fsp3) is 0.429. The molecule has 70 valence electrons. The molecule has 0 spiro atoms. The summed E-state index contributed by atoms with van der Waals surface area (Å²) in [6, 6.07) is 4.27. The second-order valence-electron chi connectivity index (χ2n) is 3.62. The van der Waals surface area contributed by atoms with Crippen LogP contribution in [0.2, 0.25) is 0 Å². The average molecular weight is 203 g/mol. The Bertz CT molecular complexity index is 282. The van der Waals surface area contributed by atoms with Gasteiger partial charge in [-0.1, -0.05) is 12.1 Å². The topological polar surface area (TPSA) is 9.72 Å². The predicted octanol–water partition coefficient (Wildman–Crippen LogP) is -0.679. The van der Waals surface area contributed by atoms with Crippen LogP contribution in [0.3, 0.4) is 0 Å². The van der Waals surface area contributed by atoms with E-state index in [0.29, 0.717) is 6.98 Å². The third-order valence-corrected chi connectivity index (χ3v) is 3.21. The Kier molecular flexibility index (Phi) is 3.02. The number of rotatable bonds is 1. The maximum atomic E-state index is 2.21. The maximum Gasteiger partial charge on any atom is 0.334 e. The van der Waals surface area contributed by atoms with Crippen LogP contribution >= 0.6 is 11.3 Å². The zero-order valence-corrected chi connectivity index (χ0v) is 9.53. The summed E-state index contributed by atoms with van der Waals surface area (Å²) in [5.74, 6) is 0. The van der Waals surface area contributed by atoms with Gasteiger partial charge in [0.2, 0.25) is 0 Å². The molecule has 14 heavy (non-hydrogen) atoms. The molecule has 1 saturated heterocycles. The molecule has 0 aliphatic carbocycles. The molecule has 1 fully saturated rings. The van der Waals surface area contributed by atoms with Gasteiger partial charge >= 0.3 is 6.98 Å². The predicted molar refractivity (Wildman–Crippen MR) is 64.5 cm³/mol. The first-order valence-corrected chi connectivity index (χ1v) is 5.45. The van der Waals surface area contributed by atoms with Crippen LogP contribution in [-0.2, 0) is 0 Å². The van der Waals surface area contributed by atoms with Crippen LogP contribution < -0.4 is 4.78 Å². The van der Waals surface area contributed by atoms with Crippen LogP contribution in [0.25, 0.3) is 0 Å². The zero-order valence-electron chi connectivity index (χ0n) is 8.71. The SMILES string of the molecule is CN1[B]N(C)B(c2cccs2)N(C)[B]1. The molecular formula is C7H12B3N3S. The van der Waals surface area contributed by atoms with Crippen molar-refractivity contribution >= 4 is 38.2 Å². The van der Waals surface area contributed by atoms with Gasteiger partial charge in [0.05, 0.1) is 0 Å². The summed E-state index contributed by atoms with van der Waals surface area (Å²) in [5, 5.41) is 2.12. The van der Waals surface area contributed by atoms with Gasteiger partial charge in [0.25, 0.3) is 15.1 Å². The summed E-state index contributed by atoms with van der Waals surface area (Å²) in [6.07, 6.45) is 0. The number of thiophene rings is 1. The van der Waals surface area contributed by atoms with Crippen LogP contribution in [0.5, 0.6) is 0 Å². The molecule has 1 aromatic heterocycles. The van der Waals surface area contributed by atoms with E-state index in [2.05, 4.69) is 60.9 Å². The van der Waals surface area contributed by atoms with Crippen LogP contribution in [-0.4, -0.2) is 57.4 Å². The van der Waals surface area contributed by atoms with Gasteiger partial charge in [0.15, 0.2) is 0 Å². The normalized spacial score (nSPS) is 20.6. The number of hydrogen-bond acceptors (Lipinski definition) is 4. The Morgan fingerprint density at radius 3 is 2.36 bits per heavy atom. The second kappa shape index (κ2) is 4.10. The average Bonchev–Trinajstić information content (AvgIpc) is 2.54. The molecule has 2 heterocycles. The second-order valence-corrected chi connectivity index (χ2v) is 4.60. The minimum Gasteiger partial charge on any atom is -0.367 e. The summed E-state index contributed by atoms with van der Waals surface area (Å²) in [7, 11) is 10.4. The number of hydrogen-bond donors (Lipinski definition) is 0. The lowest BCUT2D eigenvalue weighted by atomic mass is 9.58. The number of nitrogens with zero attached hydrogens (tertiary/aromatic N) is 3. The largest absolute Gasteiger partial charge is 0.367 e. The Labute approximate surface area is 91.4 Å². The van der Waals surface area contributed by atoms with Gasteiger partial charge in [0, 0.05) is 4.78 Å². The smallest absolute Gasteiger partial charge is 0.334 e. The fourth-order valence-electron chi connectivity index (χ4n) is 1.86. The van der Waals surface area contributed by atoms with E-state index in [4.69, 9.17) is 0 Å². The summed E-state index contributed by atoms with van der Waals surface area (Å²) in [4.78, 5) is 0. The summed E-state index contributed by atoms with van der Waals surface area (Å²) < 4.78 is 7.86. The molecule has 2 radical (unpaired) electrons. The molecular weight excluding hydrogens is 191 g/mol. The van der Waals surface area contributed by atoms with Gasteiger partial charge in [-0.05, 0) is 26.5 Å². The molecule has 3 nitrogen and oxygen atoms in total. The lowest BCUT2D eigenvalue weighted by Crippen LogP contribution is -2.68. The van der Waals surface area contributed by atoms with Crippen molar-refractivity contribution in [1.29, 1.82) is 0 Å². The molecule has 0 saturated carbocycles. The molecule has 1 aliphatic heterocycles. The van der Waals surface area contributed by atoms with Crippen molar-refractivity contribution in [2.75, 3.05) is 21.1 Å². The van der Waals surface area contributed by atoms with E-state index >= 15 is 0 Å². The van der Waals surface area contributed by atoms with E-state index in [9.17, 15) is 0 Å². The molecule has 2 rings (SSSR count). The Morgan fingerprint density at radius 2 is 1.86 bits per heavy atom. The Balaban J connectivity index is 2.18. The van der Waals surface area contributed by atoms with Gasteiger partial charge in [-0.3, -0.25) is 0 Å². The minimum atomic E-state index is 0.339. The fourth-order valence-corrected chi connectivity index (χ4v) is 2.78. The van der Waals surface area contributed by atoms with Gasteiger partial charge in [0.1, 0.15) is 0 Å². The Hall–Kier alpha value is -0.225. The minimum absolute atomic E-state index is 0.339. The molecule has 0 N–H and O–H groups in total.